The number of hydrogen-bond donors (Lipinski definition) is 1. The molecule has 0 radical (unpaired) electrons. The third-order valence-corrected chi connectivity index (χ3v) is 5.27. The van der Waals surface area contributed by atoms with Crippen LogP contribution >= 0.6 is 0 Å². The van der Waals surface area contributed by atoms with Crippen molar-refractivity contribution in [3.63, 3.8) is 0 Å². The van der Waals surface area contributed by atoms with Gasteiger partial charge in [-0.05, 0) is 54.0 Å². The topological polar surface area (TPSA) is 57.6 Å². The molecule has 25 heavy (non-hydrogen) atoms. The minimum absolute atomic E-state index is 0.0193. The van der Waals surface area contributed by atoms with Crippen LogP contribution in [0.1, 0.15) is 35.1 Å². The first-order valence-corrected chi connectivity index (χ1v) is 8.84. The molecule has 2 aromatic carbocycles. The van der Waals surface area contributed by atoms with Gasteiger partial charge in [0.1, 0.15) is 0 Å². The van der Waals surface area contributed by atoms with E-state index in [-0.39, 0.29) is 18.4 Å². The summed E-state index contributed by atoms with van der Waals surface area (Å²) < 4.78 is 0. The van der Waals surface area contributed by atoms with Crippen molar-refractivity contribution < 1.29 is 14.7 Å². The molecule has 1 aliphatic carbocycles. The third kappa shape index (κ3) is 3.04. The minimum atomic E-state index is -0.867. The predicted octanol–water partition coefficient (Wildman–Crippen LogP) is 3.15. The van der Waals surface area contributed by atoms with E-state index in [0.29, 0.717) is 12.8 Å². The van der Waals surface area contributed by atoms with Gasteiger partial charge in [0, 0.05) is 5.69 Å². The zero-order valence-electron chi connectivity index (χ0n) is 14.1. The van der Waals surface area contributed by atoms with Crippen LogP contribution in [-0.4, -0.2) is 23.0 Å². The van der Waals surface area contributed by atoms with E-state index >= 15 is 0 Å². The lowest BCUT2D eigenvalue weighted by molar-refractivity contribution is -0.137. The molecule has 128 valence electrons. The molecule has 0 saturated heterocycles. The van der Waals surface area contributed by atoms with Gasteiger partial charge < -0.3 is 10.0 Å². The molecule has 1 atom stereocenters. The number of carboxylic acid groups (broad SMARTS) is 1. The Kier molecular flexibility index (Phi) is 4.04. The Hall–Kier alpha value is -2.62. The number of fused-ring (bicyclic) bond motifs is 2. The third-order valence-electron chi connectivity index (χ3n) is 5.27. The number of rotatable bonds is 4. The average molecular weight is 335 g/mol. The van der Waals surface area contributed by atoms with Gasteiger partial charge in [0.05, 0.1) is 18.9 Å². The molecule has 4 heteroatoms. The van der Waals surface area contributed by atoms with Crippen molar-refractivity contribution in [2.75, 3.05) is 4.90 Å². The molecule has 2 aromatic rings. The van der Waals surface area contributed by atoms with Gasteiger partial charge in [-0.25, -0.2) is 0 Å². The summed E-state index contributed by atoms with van der Waals surface area (Å²) in [5.74, 6) is -0.887. The van der Waals surface area contributed by atoms with Crippen molar-refractivity contribution in [1.29, 1.82) is 0 Å². The number of carboxylic acids is 1. The first-order valence-electron chi connectivity index (χ1n) is 8.84. The summed E-state index contributed by atoms with van der Waals surface area (Å²) in [6.07, 6.45) is 4.31. The molecule has 0 aromatic heterocycles. The normalized spacial score (nSPS) is 18.1. The highest BCUT2D eigenvalue weighted by molar-refractivity contribution is 5.98. The van der Waals surface area contributed by atoms with E-state index in [0.717, 1.165) is 29.7 Å². The van der Waals surface area contributed by atoms with Gasteiger partial charge in [-0.2, -0.15) is 0 Å². The number of hydrogen-bond acceptors (Lipinski definition) is 2. The van der Waals surface area contributed by atoms with Gasteiger partial charge in [0.15, 0.2) is 0 Å². The Balaban J connectivity index is 1.59. The molecule has 1 heterocycles. The Morgan fingerprint density at radius 1 is 1.04 bits per heavy atom. The second-order valence-electron chi connectivity index (χ2n) is 6.98. The zero-order chi connectivity index (χ0) is 17.4. The fraction of sp³-hybridized carbons (Fsp3) is 0.333. The lowest BCUT2D eigenvalue weighted by Gasteiger charge is -2.25. The number of aliphatic carboxylic acids is 1. The summed E-state index contributed by atoms with van der Waals surface area (Å²) in [7, 11) is 0. The molecule has 0 fully saturated rings. The molecular weight excluding hydrogens is 314 g/mol. The van der Waals surface area contributed by atoms with Crippen molar-refractivity contribution in [3.8, 4) is 0 Å². The van der Waals surface area contributed by atoms with Crippen LogP contribution in [0.4, 0.5) is 5.69 Å². The van der Waals surface area contributed by atoms with E-state index in [4.69, 9.17) is 0 Å². The Bertz CT molecular complexity index is 843. The average Bonchev–Trinajstić information content (AvgIpc) is 3.17. The molecule has 4 nitrogen and oxygen atoms in total. The van der Waals surface area contributed by atoms with Crippen LogP contribution in [0.2, 0.25) is 0 Å². The van der Waals surface area contributed by atoms with Crippen molar-refractivity contribution in [2.24, 2.45) is 0 Å². The number of anilines is 1. The van der Waals surface area contributed by atoms with E-state index in [1.54, 1.807) is 4.90 Å². The molecule has 0 spiro atoms. The van der Waals surface area contributed by atoms with Crippen LogP contribution in [0, 0.1) is 0 Å². The first-order chi connectivity index (χ1) is 12.1. The van der Waals surface area contributed by atoms with Crippen molar-refractivity contribution >= 4 is 17.6 Å². The summed E-state index contributed by atoms with van der Waals surface area (Å²) in [5.41, 5.74) is 5.68. The monoisotopic (exact) mass is 335 g/mol. The number of aryl methyl sites for hydroxylation is 2. The number of benzene rings is 2. The summed E-state index contributed by atoms with van der Waals surface area (Å²) >= 11 is 0. The Labute approximate surface area is 147 Å². The largest absolute Gasteiger partial charge is 0.481 e. The van der Waals surface area contributed by atoms with Crippen molar-refractivity contribution in [1.82, 2.24) is 0 Å². The molecule has 0 bridgehead atoms. The molecular formula is C21H21NO3. The molecule has 2 aliphatic rings. The maximum absolute atomic E-state index is 13.0. The summed E-state index contributed by atoms with van der Waals surface area (Å²) in [6, 6.07) is 13.8. The maximum Gasteiger partial charge on any atom is 0.305 e. The van der Waals surface area contributed by atoms with Gasteiger partial charge in [0.2, 0.25) is 5.91 Å². The van der Waals surface area contributed by atoms with Crippen molar-refractivity contribution in [3.05, 3.63) is 64.7 Å². The second kappa shape index (κ2) is 6.36. The Morgan fingerprint density at radius 3 is 2.68 bits per heavy atom. The number of carbonyl (C=O) groups is 2. The zero-order valence-corrected chi connectivity index (χ0v) is 14.1. The lowest BCUT2D eigenvalue weighted by atomic mass is 10.0. The van der Waals surface area contributed by atoms with Gasteiger partial charge in [-0.15, -0.1) is 0 Å². The van der Waals surface area contributed by atoms with Crippen LogP contribution in [0.5, 0.6) is 0 Å². The van der Waals surface area contributed by atoms with Crippen LogP contribution in [0.3, 0.4) is 0 Å². The number of nitrogens with zero attached hydrogens (tertiary/aromatic N) is 1. The summed E-state index contributed by atoms with van der Waals surface area (Å²) in [6.45, 7) is 0. The number of para-hydroxylation sites is 1. The summed E-state index contributed by atoms with van der Waals surface area (Å²) in [5, 5.41) is 9.21. The van der Waals surface area contributed by atoms with Gasteiger partial charge in [-0.1, -0.05) is 36.4 Å². The van der Waals surface area contributed by atoms with Crippen LogP contribution in [-0.2, 0) is 35.3 Å². The fourth-order valence-corrected chi connectivity index (χ4v) is 4.16. The van der Waals surface area contributed by atoms with E-state index in [1.807, 2.05) is 30.3 Å². The van der Waals surface area contributed by atoms with Gasteiger partial charge in [0.25, 0.3) is 0 Å². The highest BCUT2D eigenvalue weighted by atomic mass is 16.4. The standard InChI is InChI=1S/C21H21NO3/c23-20(11-14-8-9-15-5-3-6-16(15)10-14)22-18(13-21(24)25)12-17-4-1-2-7-19(17)22/h1-2,4,7-10,18H,3,5-6,11-13H2,(H,24,25). The fourth-order valence-electron chi connectivity index (χ4n) is 4.16. The first kappa shape index (κ1) is 15.9. The molecule has 1 aliphatic heterocycles. The van der Waals surface area contributed by atoms with E-state index in [2.05, 4.69) is 12.1 Å². The number of carbonyl (C=O) groups excluding carboxylic acids is 1. The second-order valence-corrected chi connectivity index (χ2v) is 6.98. The molecule has 0 saturated carbocycles. The smallest absolute Gasteiger partial charge is 0.305 e. The molecule has 1 N–H and O–H groups in total. The van der Waals surface area contributed by atoms with E-state index in [9.17, 15) is 14.7 Å². The van der Waals surface area contributed by atoms with Gasteiger partial charge in [-0.3, -0.25) is 9.59 Å². The number of amides is 1. The van der Waals surface area contributed by atoms with Crippen LogP contribution in [0.15, 0.2) is 42.5 Å². The quantitative estimate of drug-likeness (QED) is 0.934. The molecule has 1 amide bonds. The van der Waals surface area contributed by atoms with Crippen LogP contribution in [0.25, 0.3) is 0 Å². The minimum Gasteiger partial charge on any atom is -0.481 e. The highest BCUT2D eigenvalue weighted by Crippen LogP contribution is 2.34. The van der Waals surface area contributed by atoms with Gasteiger partial charge >= 0.3 is 5.97 Å². The van der Waals surface area contributed by atoms with E-state index < -0.39 is 5.97 Å². The maximum atomic E-state index is 13.0. The molecule has 4 rings (SSSR count). The predicted molar refractivity (Wildman–Crippen MR) is 95.8 cm³/mol. The SMILES string of the molecule is O=C(O)CC1Cc2ccccc2N1C(=O)Cc1ccc2c(c1)CCC2. The summed E-state index contributed by atoms with van der Waals surface area (Å²) in [4.78, 5) is 25.9. The highest BCUT2D eigenvalue weighted by Gasteiger charge is 2.34. The van der Waals surface area contributed by atoms with E-state index in [1.165, 1.54) is 17.5 Å². The lowest BCUT2D eigenvalue weighted by Crippen LogP contribution is -2.40. The Morgan fingerprint density at radius 2 is 1.84 bits per heavy atom. The van der Waals surface area contributed by atoms with Crippen molar-refractivity contribution in [2.45, 2.75) is 44.6 Å². The molecule has 1 unspecified atom stereocenters. The van der Waals surface area contributed by atoms with Crippen LogP contribution < -0.4 is 4.90 Å².